The van der Waals surface area contributed by atoms with Gasteiger partial charge in [-0.2, -0.15) is 18.3 Å². The van der Waals surface area contributed by atoms with Gasteiger partial charge in [0.15, 0.2) is 0 Å². The molecule has 0 atom stereocenters. The summed E-state index contributed by atoms with van der Waals surface area (Å²) in [5.74, 6) is -0.422. The van der Waals surface area contributed by atoms with Crippen molar-refractivity contribution in [2.24, 2.45) is 0 Å². The Morgan fingerprint density at radius 3 is 2.32 bits per heavy atom. The molecule has 0 fully saturated rings. The molecule has 10 nitrogen and oxygen atoms in total. The van der Waals surface area contributed by atoms with E-state index in [0.717, 1.165) is 17.0 Å². The fourth-order valence-corrected chi connectivity index (χ4v) is 3.43. The summed E-state index contributed by atoms with van der Waals surface area (Å²) >= 11 is 0. The number of amides is 1. The van der Waals surface area contributed by atoms with Gasteiger partial charge >= 0.3 is 6.18 Å². The largest absolute Gasteiger partial charge is 0.451 e. The number of alkyl halides is 3. The molecule has 4 rings (SSSR count). The maximum atomic E-state index is 13.0. The molecular formula is C24H26F3N9O. The van der Waals surface area contributed by atoms with Crippen molar-refractivity contribution in [1.29, 1.82) is 0 Å². The van der Waals surface area contributed by atoms with Gasteiger partial charge in [-0.3, -0.25) is 19.4 Å². The second-order valence-electron chi connectivity index (χ2n) is 7.97. The van der Waals surface area contributed by atoms with E-state index in [1.807, 2.05) is 19.9 Å². The van der Waals surface area contributed by atoms with Gasteiger partial charge in [0.2, 0.25) is 12.2 Å². The van der Waals surface area contributed by atoms with E-state index in [2.05, 4.69) is 35.3 Å². The van der Waals surface area contributed by atoms with Gasteiger partial charge in [-0.1, -0.05) is 0 Å². The Kier molecular flexibility index (Phi) is 8.48. The van der Waals surface area contributed by atoms with Crippen molar-refractivity contribution >= 4 is 18.0 Å². The molecule has 1 N–H and O–H groups in total. The van der Waals surface area contributed by atoms with E-state index >= 15 is 0 Å². The van der Waals surface area contributed by atoms with Crippen LogP contribution in [0.5, 0.6) is 0 Å². The molecule has 4 aromatic rings. The predicted molar refractivity (Wildman–Crippen MR) is 133 cm³/mol. The number of anilines is 2. The number of carbonyl (C=O) groups is 1. The van der Waals surface area contributed by atoms with Crippen LogP contribution in [0.4, 0.5) is 24.8 Å². The first-order chi connectivity index (χ1) is 17.5. The van der Waals surface area contributed by atoms with Crippen molar-refractivity contribution in [3.63, 3.8) is 0 Å². The molecule has 0 aliphatic heterocycles. The summed E-state index contributed by atoms with van der Waals surface area (Å²) in [6.45, 7) is 6.16. The van der Waals surface area contributed by atoms with Gasteiger partial charge in [0, 0.05) is 62.1 Å². The van der Waals surface area contributed by atoms with Crippen molar-refractivity contribution in [3.8, 4) is 22.5 Å². The van der Waals surface area contributed by atoms with Crippen molar-refractivity contribution in [2.75, 3.05) is 24.3 Å². The van der Waals surface area contributed by atoms with Crippen molar-refractivity contribution < 1.29 is 18.0 Å². The maximum absolute atomic E-state index is 13.0. The Labute approximate surface area is 211 Å². The highest BCUT2D eigenvalue weighted by Gasteiger charge is 2.36. The van der Waals surface area contributed by atoms with E-state index in [9.17, 15) is 18.0 Å². The zero-order chi connectivity index (χ0) is 27.2. The van der Waals surface area contributed by atoms with Crippen LogP contribution in [0.2, 0.25) is 0 Å². The summed E-state index contributed by atoms with van der Waals surface area (Å²) in [6.07, 6.45) is 2.51. The molecule has 1 amide bonds. The second kappa shape index (κ2) is 11.5. The molecule has 0 radical (unpaired) electrons. The van der Waals surface area contributed by atoms with E-state index in [0.29, 0.717) is 30.0 Å². The molecule has 0 saturated carbocycles. The molecule has 0 aliphatic rings. The molecule has 0 unspecified atom stereocenters. The summed E-state index contributed by atoms with van der Waals surface area (Å²) in [4.78, 5) is 31.1. The average Bonchev–Trinajstić information content (AvgIpc) is 3.17. The third kappa shape index (κ3) is 6.63. The zero-order valence-corrected chi connectivity index (χ0v) is 20.9. The predicted octanol–water partition coefficient (Wildman–Crippen LogP) is 4.17. The topological polar surface area (TPSA) is 115 Å². The lowest BCUT2D eigenvalue weighted by Gasteiger charge is -2.15. The van der Waals surface area contributed by atoms with Crippen molar-refractivity contribution in [2.45, 2.75) is 33.5 Å². The summed E-state index contributed by atoms with van der Waals surface area (Å²) in [5, 5.41) is 6.79. The van der Waals surface area contributed by atoms with Crippen molar-refractivity contribution in [3.05, 3.63) is 60.2 Å². The molecule has 4 aromatic heterocycles. The van der Waals surface area contributed by atoms with Crippen LogP contribution in [0, 0.1) is 13.8 Å². The normalized spacial score (nSPS) is 10.9. The van der Waals surface area contributed by atoms with E-state index in [-0.39, 0.29) is 11.5 Å². The number of hydrogen-bond donors (Lipinski definition) is 1. The number of aryl methyl sites for hydroxylation is 2. The Bertz CT molecular complexity index is 1340. The first kappa shape index (κ1) is 27.2. The molecule has 194 valence electrons. The van der Waals surface area contributed by atoms with Crippen LogP contribution in [0.25, 0.3) is 22.5 Å². The van der Waals surface area contributed by atoms with Gasteiger partial charge < -0.3 is 10.2 Å². The molecule has 0 spiro atoms. The number of pyridine rings is 1. The van der Waals surface area contributed by atoms with Gasteiger partial charge in [0.1, 0.15) is 11.6 Å². The fourth-order valence-electron chi connectivity index (χ4n) is 3.43. The van der Waals surface area contributed by atoms with Crippen LogP contribution < -0.4 is 10.2 Å². The minimum absolute atomic E-state index is 0.209. The number of nitrogens with one attached hydrogen (secondary N) is 1. The SMILES string of the molecule is CCn1nc(C)c(-c2cc(N(C)C)nc(C(F)(F)F)n2)c1C.O=CNc1ccc(-c2cnccn2)cn1. The number of nitrogens with zero attached hydrogens (tertiary/aromatic N) is 8. The number of carbonyl (C=O) groups excluding carboxylic acids is 1. The summed E-state index contributed by atoms with van der Waals surface area (Å²) in [5.41, 5.74) is 3.91. The summed E-state index contributed by atoms with van der Waals surface area (Å²) < 4.78 is 40.9. The van der Waals surface area contributed by atoms with Crippen LogP contribution in [-0.2, 0) is 17.5 Å². The van der Waals surface area contributed by atoms with Crippen LogP contribution in [0.1, 0.15) is 24.1 Å². The Balaban J connectivity index is 0.000000220. The molecule has 37 heavy (non-hydrogen) atoms. The zero-order valence-electron chi connectivity index (χ0n) is 20.9. The van der Waals surface area contributed by atoms with E-state index in [1.165, 1.54) is 4.90 Å². The van der Waals surface area contributed by atoms with E-state index < -0.39 is 12.0 Å². The highest BCUT2D eigenvalue weighted by Crippen LogP contribution is 2.32. The molecule has 0 aromatic carbocycles. The third-order valence-corrected chi connectivity index (χ3v) is 5.19. The second-order valence-corrected chi connectivity index (χ2v) is 7.97. The lowest BCUT2D eigenvalue weighted by atomic mass is 10.1. The summed E-state index contributed by atoms with van der Waals surface area (Å²) in [6, 6.07) is 5.08. The first-order valence-electron chi connectivity index (χ1n) is 11.2. The highest BCUT2D eigenvalue weighted by atomic mass is 19.4. The van der Waals surface area contributed by atoms with E-state index in [4.69, 9.17) is 0 Å². The smallest absolute Gasteiger partial charge is 0.363 e. The highest BCUT2D eigenvalue weighted by molar-refractivity contribution is 5.70. The standard InChI is InChI=1S/C14H18F3N5.C10H8N4O/c1-6-22-9(3)12(8(2)20-22)10-7-11(21(4)5)19-13(18-10)14(15,16)17;15-7-14-10-2-1-8(5-13-10)9-6-11-3-4-12-9/h7H,6H2,1-5H3;1-7H,(H,13,14,15). The number of rotatable bonds is 6. The lowest BCUT2D eigenvalue weighted by molar-refractivity contribution is -0.144. The molecule has 4 heterocycles. The summed E-state index contributed by atoms with van der Waals surface area (Å²) in [7, 11) is 3.28. The fraction of sp³-hybridized carbons (Fsp3) is 0.292. The minimum atomic E-state index is -4.59. The monoisotopic (exact) mass is 513 g/mol. The Morgan fingerprint density at radius 2 is 1.81 bits per heavy atom. The maximum Gasteiger partial charge on any atom is 0.451 e. The Hall–Kier alpha value is -4.42. The molecule has 13 heteroatoms. The van der Waals surface area contributed by atoms with Crippen LogP contribution in [0.3, 0.4) is 0 Å². The minimum Gasteiger partial charge on any atom is -0.363 e. The molecule has 0 bridgehead atoms. The quantitative estimate of drug-likeness (QED) is 0.382. The number of aromatic nitrogens is 7. The van der Waals surface area contributed by atoms with Gasteiger partial charge in [-0.05, 0) is 32.9 Å². The molecule has 0 saturated heterocycles. The van der Waals surface area contributed by atoms with Crippen LogP contribution in [-0.4, -0.2) is 55.2 Å². The molecule has 0 aliphatic carbocycles. The van der Waals surface area contributed by atoms with Crippen LogP contribution >= 0.6 is 0 Å². The van der Waals surface area contributed by atoms with E-state index in [1.54, 1.807) is 62.6 Å². The lowest BCUT2D eigenvalue weighted by Crippen LogP contribution is -2.17. The van der Waals surface area contributed by atoms with Crippen molar-refractivity contribution in [1.82, 2.24) is 34.7 Å². The number of halogens is 3. The third-order valence-electron chi connectivity index (χ3n) is 5.19. The van der Waals surface area contributed by atoms with Crippen LogP contribution in [0.15, 0.2) is 43.0 Å². The van der Waals surface area contributed by atoms with Gasteiger partial charge in [-0.25, -0.2) is 15.0 Å². The Morgan fingerprint density at radius 1 is 1.05 bits per heavy atom. The average molecular weight is 514 g/mol. The first-order valence-corrected chi connectivity index (χ1v) is 11.2. The number of hydrogen-bond acceptors (Lipinski definition) is 8. The molecular weight excluding hydrogens is 487 g/mol. The van der Waals surface area contributed by atoms with Gasteiger partial charge in [-0.15, -0.1) is 0 Å². The van der Waals surface area contributed by atoms with Gasteiger partial charge in [0.05, 0.1) is 23.3 Å². The van der Waals surface area contributed by atoms with Gasteiger partial charge in [0.25, 0.3) is 0 Å².